The highest BCUT2D eigenvalue weighted by molar-refractivity contribution is 5.27. The molecule has 6 atom stereocenters. The van der Waals surface area contributed by atoms with Crippen LogP contribution < -0.4 is 5.73 Å². The summed E-state index contributed by atoms with van der Waals surface area (Å²) in [5, 5.41) is 0. The molecule has 0 saturated heterocycles. The second kappa shape index (κ2) is 4.12. The van der Waals surface area contributed by atoms with E-state index in [1.807, 2.05) is 6.26 Å². The van der Waals surface area contributed by atoms with Crippen LogP contribution in [0.5, 0.6) is 0 Å². The molecule has 3 aliphatic carbocycles. The fourth-order valence-electron chi connectivity index (χ4n) is 5.26. The van der Waals surface area contributed by atoms with Crippen molar-refractivity contribution >= 4 is 0 Å². The van der Waals surface area contributed by atoms with E-state index in [2.05, 4.69) is 12.2 Å². The lowest BCUT2D eigenvalue weighted by Crippen LogP contribution is -2.41. The minimum Gasteiger partial charge on any atom is -0.494 e. The highest BCUT2D eigenvalue weighted by Gasteiger charge is 2.51. The van der Waals surface area contributed by atoms with Gasteiger partial charge in [0.2, 0.25) is 0 Å². The zero-order valence-electron chi connectivity index (χ0n) is 10.9. The van der Waals surface area contributed by atoms with Crippen LogP contribution in [-0.2, 0) is 4.74 Å². The molecule has 0 spiro atoms. The molecule has 0 aromatic heterocycles. The molecule has 0 radical (unpaired) electrons. The molecule has 98 valence electrons. The van der Waals surface area contributed by atoms with Gasteiger partial charge in [0, 0.05) is 6.04 Å². The molecular formula is C16H23NO. The summed E-state index contributed by atoms with van der Waals surface area (Å²) in [4.78, 5) is 0. The number of rotatable bonds is 0. The predicted molar refractivity (Wildman–Crippen MR) is 71.7 cm³/mol. The summed E-state index contributed by atoms with van der Waals surface area (Å²) in [6, 6.07) is 0.468. The lowest BCUT2D eigenvalue weighted by atomic mass is 9.69. The molecule has 0 aromatic rings. The van der Waals surface area contributed by atoms with Crippen LogP contribution in [0, 0.1) is 23.7 Å². The van der Waals surface area contributed by atoms with Crippen molar-refractivity contribution in [1.82, 2.24) is 0 Å². The second-order valence-electron chi connectivity index (χ2n) is 6.64. The van der Waals surface area contributed by atoms with Gasteiger partial charge in [-0.25, -0.2) is 0 Å². The minimum absolute atomic E-state index is 0.382. The molecule has 18 heavy (non-hydrogen) atoms. The summed E-state index contributed by atoms with van der Waals surface area (Å²) in [7, 11) is 0. The highest BCUT2D eigenvalue weighted by atomic mass is 16.5. The number of hydrogen-bond donors (Lipinski definition) is 1. The molecule has 2 heteroatoms. The molecule has 3 fully saturated rings. The first kappa shape index (κ1) is 11.1. The van der Waals surface area contributed by atoms with Gasteiger partial charge in [0.15, 0.2) is 0 Å². The highest BCUT2D eigenvalue weighted by Crippen LogP contribution is 2.56. The van der Waals surface area contributed by atoms with Gasteiger partial charge < -0.3 is 10.5 Å². The zero-order valence-corrected chi connectivity index (χ0v) is 10.9. The van der Waals surface area contributed by atoms with Gasteiger partial charge in [0.25, 0.3) is 0 Å². The number of fused-ring (bicyclic) bond motifs is 5. The SMILES string of the molecule is NC1CCCC2CC3C4=CC=COC4CCC3C12. The predicted octanol–water partition coefficient (Wildman–Crippen LogP) is 3.00. The van der Waals surface area contributed by atoms with E-state index in [-0.39, 0.29) is 0 Å². The van der Waals surface area contributed by atoms with Gasteiger partial charge in [-0.1, -0.05) is 18.9 Å². The van der Waals surface area contributed by atoms with E-state index in [1.54, 1.807) is 5.57 Å². The average Bonchev–Trinajstić information content (AvgIpc) is 2.79. The smallest absolute Gasteiger partial charge is 0.119 e. The average molecular weight is 245 g/mol. The molecule has 0 bridgehead atoms. The molecule has 6 unspecified atom stereocenters. The maximum absolute atomic E-state index is 6.43. The minimum atomic E-state index is 0.382. The monoisotopic (exact) mass is 245 g/mol. The van der Waals surface area contributed by atoms with Crippen molar-refractivity contribution in [3.8, 4) is 0 Å². The maximum atomic E-state index is 6.43. The van der Waals surface area contributed by atoms with Gasteiger partial charge in [0.05, 0.1) is 6.26 Å². The third-order valence-electron chi connectivity index (χ3n) is 5.89. The fraction of sp³-hybridized carbons (Fsp3) is 0.750. The first-order valence-corrected chi connectivity index (χ1v) is 7.62. The summed E-state index contributed by atoms with van der Waals surface area (Å²) in [5.41, 5.74) is 8.01. The maximum Gasteiger partial charge on any atom is 0.119 e. The number of hydrogen-bond acceptors (Lipinski definition) is 2. The molecular weight excluding hydrogens is 222 g/mol. The number of nitrogens with two attached hydrogens (primary N) is 1. The van der Waals surface area contributed by atoms with Gasteiger partial charge in [-0.2, -0.15) is 0 Å². The van der Waals surface area contributed by atoms with Crippen LogP contribution in [0.1, 0.15) is 38.5 Å². The Morgan fingerprint density at radius 1 is 1.17 bits per heavy atom. The molecule has 1 heterocycles. The lowest BCUT2D eigenvalue weighted by molar-refractivity contribution is 0.0941. The van der Waals surface area contributed by atoms with E-state index in [4.69, 9.17) is 10.5 Å². The Bertz CT molecular complexity index is 400. The fourth-order valence-corrected chi connectivity index (χ4v) is 5.26. The summed E-state index contributed by atoms with van der Waals surface area (Å²) in [6.07, 6.45) is 14.6. The van der Waals surface area contributed by atoms with Crippen molar-refractivity contribution in [2.24, 2.45) is 29.4 Å². The van der Waals surface area contributed by atoms with E-state index in [0.717, 1.165) is 23.7 Å². The Morgan fingerprint density at radius 2 is 2.11 bits per heavy atom. The first-order valence-electron chi connectivity index (χ1n) is 7.62. The van der Waals surface area contributed by atoms with Crippen LogP contribution in [0.25, 0.3) is 0 Å². The van der Waals surface area contributed by atoms with Crippen molar-refractivity contribution in [3.63, 3.8) is 0 Å². The van der Waals surface area contributed by atoms with Crippen molar-refractivity contribution in [2.75, 3.05) is 0 Å². The number of ether oxygens (including phenoxy) is 1. The number of allylic oxidation sites excluding steroid dienone is 2. The van der Waals surface area contributed by atoms with Crippen molar-refractivity contribution < 1.29 is 4.74 Å². The molecule has 4 rings (SSSR count). The van der Waals surface area contributed by atoms with Crippen molar-refractivity contribution in [3.05, 3.63) is 24.0 Å². The van der Waals surface area contributed by atoms with E-state index >= 15 is 0 Å². The Hall–Kier alpha value is -0.760. The van der Waals surface area contributed by atoms with Crippen LogP contribution in [0.15, 0.2) is 24.0 Å². The Kier molecular flexibility index (Phi) is 2.54. The van der Waals surface area contributed by atoms with E-state index in [9.17, 15) is 0 Å². The quantitative estimate of drug-likeness (QED) is 0.712. The topological polar surface area (TPSA) is 35.2 Å². The van der Waals surface area contributed by atoms with Gasteiger partial charge in [-0.05, 0) is 61.0 Å². The molecule has 4 aliphatic rings. The summed E-state index contributed by atoms with van der Waals surface area (Å²) < 4.78 is 5.79. The summed E-state index contributed by atoms with van der Waals surface area (Å²) in [5.74, 6) is 3.32. The summed E-state index contributed by atoms with van der Waals surface area (Å²) >= 11 is 0. The second-order valence-corrected chi connectivity index (χ2v) is 6.64. The Balaban J connectivity index is 1.66. The molecule has 2 nitrogen and oxygen atoms in total. The summed E-state index contributed by atoms with van der Waals surface area (Å²) in [6.45, 7) is 0. The van der Waals surface area contributed by atoms with Crippen LogP contribution >= 0.6 is 0 Å². The largest absolute Gasteiger partial charge is 0.494 e. The van der Waals surface area contributed by atoms with Crippen LogP contribution in [-0.4, -0.2) is 12.1 Å². The molecule has 0 aromatic carbocycles. The Labute approximate surface area is 109 Å². The zero-order chi connectivity index (χ0) is 12.1. The van der Waals surface area contributed by atoms with Gasteiger partial charge in [0.1, 0.15) is 6.10 Å². The molecule has 0 amide bonds. The molecule has 2 N–H and O–H groups in total. The van der Waals surface area contributed by atoms with Crippen LogP contribution in [0.2, 0.25) is 0 Å². The first-order chi connectivity index (χ1) is 8.84. The van der Waals surface area contributed by atoms with Crippen LogP contribution in [0.3, 0.4) is 0 Å². The van der Waals surface area contributed by atoms with E-state index in [1.165, 1.54) is 38.5 Å². The van der Waals surface area contributed by atoms with Crippen LogP contribution in [0.4, 0.5) is 0 Å². The van der Waals surface area contributed by atoms with Gasteiger partial charge >= 0.3 is 0 Å². The van der Waals surface area contributed by atoms with Crippen molar-refractivity contribution in [2.45, 2.75) is 50.7 Å². The standard InChI is InChI=1S/C16H23NO/c17-14-5-1-3-10-9-13-11-4-2-8-18-15(11)7-6-12(13)16(10)14/h2,4,8,10,12-16H,1,3,5-7,9,17H2. The molecule has 3 saturated carbocycles. The van der Waals surface area contributed by atoms with Gasteiger partial charge in [-0.3, -0.25) is 0 Å². The van der Waals surface area contributed by atoms with E-state index < -0.39 is 0 Å². The normalized spacial score (nSPS) is 49.7. The van der Waals surface area contributed by atoms with Crippen molar-refractivity contribution in [1.29, 1.82) is 0 Å². The van der Waals surface area contributed by atoms with E-state index in [0.29, 0.717) is 12.1 Å². The third kappa shape index (κ3) is 1.51. The molecule has 1 aliphatic heterocycles. The lowest BCUT2D eigenvalue weighted by Gasteiger charge is -2.40. The Morgan fingerprint density at radius 3 is 3.06 bits per heavy atom. The third-order valence-corrected chi connectivity index (χ3v) is 5.89. The van der Waals surface area contributed by atoms with Gasteiger partial charge in [-0.15, -0.1) is 0 Å².